The van der Waals surface area contributed by atoms with Crippen molar-refractivity contribution in [2.24, 2.45) is 5.92 Å². The molecule has 0 saturated carbocycles. The minimum atomic E-state index is -0.340. The molecule has 0 bridgehead atoms. The van der Waals surface area contributed by atoms with Crippen molar-refractivity contribution in [1.29, 1.82) is 0 Å². The van der Waals surface area contributed by atoms with Gasteiger partial charge in [0.15, 0.2) is 0 Å². The van der Waals surface area contributed by atoms with Crippen molar-refractivity contribution in [2.75, 3.05) is 9.80 Å². The van der Waals surface area contributed by atoms with E-state index >= 15 is 0 Å². The van der Waals surface area contributed by atoms with Crippen LogP contribution in [0.25, 0.3) is 16.3 Å². The molecule has 6 heteroatoms. The number of benzene rings is 4. The van der Waals surface area contributed by atoms with E-state index in [9.17, 15) is 19.2 Å². The summed E-state index contributed by atoms with van der Waals surface area (Å²) in [4.78, 5) is 58.8. The predicted octanol–water partition coefficient (Wildman–Crippen LogP) is 7.35. The maximum absolute atomic E-state index is 14.0. The highest BCUT2D eigenvalue weighted by molar-refractivity contribution is 6.37. The second kappa shape index (κ2) is 8.98. The Kier molecular flexibility index (Phi) is 5.22. The molecule has 0 spiro atoms. The highest BCUT2D eigenvalue weighted by Crippen LogP contribution is 2.57. The van der Waals surface area contributed by atoms with Gasteiger partial charge in [-0.15, -0.1) is 0 Å². The Labute approximate surface area is 265 Å². The summed E-state index contributed by atoms with van der Waals surface area (Å²) in [5.74, 6) is -1.72. The van der Waals surface area contributed by atoms with Gasteiger partial charge in [0.05, 0.1) is 11.4 Å². The third-order valence-corrected chi connectivity index (χ3v) is 10.0. The van der Waals surface area contributed by atoms with Gasteiger partial charge in [-0.3, -0.25) is 19.2 Å². The van der Waals surface area contributed by atoms with Crippen LogP contribution in [-0.2, 0) is 9.59 Å². The molecule has 222 valence electrons. The number of nitrogens with zero attached hydrogens (tertiary/aromatic N) is 2. The number of anilines is 2. The maximum atomic E-state index is 14.0. The highest BCUT2D eigenvalue weighted by Gasteiger charge is 2.48. The summed E-state index contributed by atoms with van der Waals surface area (Å²) in [5, 5.41) is 1.56. The molecule has 4 amide bonds. The van der Waals surface area contributed by atoms with Gasteiger partial charge in [-0.2, -0.15) is 0 Å². The van der Waals surface area contributed by atoms with E-state index in [1.54, 1.807) is 0 Å². The van der Waals surface area contributed by atoms with Gasteiger partial charge >= 0.3 is 0 Å². The third kappa shape index (κ3) is 3.36. The second-order valence-corrected chi connectivity index (χ2v) is 13.1. The van der Waals surface area contributed by atoms with Crippen LogP contribution in [0.4, 0.5) is 11.4 Å². The van der Waals surface area contributed by atoms with Crippen LogP contribution in [-0.4, -0.2) is 23.6 Å². The zero-order chi connectivity index (χ0) is 31.8. The molecule has 2 heterocycles. The Morgan fingerprint density at radius 2 is 1.11 bits per heavy atom. The molecular formula is C40H28N2O4. The van der Waals surface area contributed by atoms with E-state index < -0.39 is 0 Å². The first-order valence-corrected chi connectivity index (χ1v) is 15.5. The van der Waals surface area contributed by atoms with E-state index in [1.807, 2.05) is 107 Å². The van der Waals surface area contributed by atoms with Crippen LogP contribution in [0.3, 0.4) is 0 Å². The molecule has 4 aromatic carbocycles. The number of allylic oxidation sites excluding steroid dienone is 4. The summed E-state index contributed by atoms with van der Waals surface area (Å²) < 4.78 is 0. The summed E-state index contributed by atoms with van der Waals surface area (Å²) in [6.45, 7) is 7.82. The lowest BCUT2D eigenvalue weighted by atomic mass is 9.61. The first-order chi connectivity index (χ1) is 22.1. The molecule has 6 nitrogen and oxygen atoms in total. The van der Waals surface area contributed by atoms with Gasteiger partial charge < -0.3 is 0 Å². The fraction of sp³-hybridized carbons (Fsp3) is 0.150. The van der Waals surface area contributed by atoms with E-state index in [1.165, 1.54) is 9.80 Å². The van der Waals surface area contributed by atoms with Crippen molar-refractivity contribution in [2.45, 2.75) is 33.6 Å². The first-order valence-electron chi connectivity index (χ1n) is 15.5. The molecule has 9 rings (SSSR count). The molecule has 2 aliphatic heterocycles. The van der Waals surface area contributed by atoms with Gasteiger partial charge in [-0.25, -0.2) is 9.80 Å². The SMILES string of the molecule is Cc1cc(C)cc(N2C(=O)C3=CC=C4c5ccc6c7c(ccc(c57)C5C=CC(=C3C45)C2=O)C(=O)N(c2cc(C)cc(C)c2)C6=O)c1. The van der Waals surface area contributed by atoms with E-state index in [0.29, 0.717) is 39.0 Å². The molecule has 2 atom stereocenters. The average molecular weight is 601 g/mol. The highest BCUT2D eigenvalue weighted by atomic mass is 16.2. The molecule has 0 fully saturated rings. The van der Waals surface area contributed by atoms with E-state index in [4.69, 9.17) is 0 Å². The smallest absolute Gasteiger partial charge is 0.265 e. The Hall–Kier alpha value is -5.62. The zero-order valence-corrected chi connectivity index (χ0v) is 25.8. The van der Waals surface area contributed by atoms with Gasteiger partial charge in [0.1, 0.15) is 0 Å². The molecule has 46 heavy (non-hydrogen) atoms. The molecule has 5 aliphatic rings. The lowest BCUT2D eigenvalue weighted by molar-refractivity contribution is -0.123. The Balaban J connectivity index is 1.22. The summed E-state index contributed by atoms with van der Waals surface area (Å²) in [6, 6.07) is 19.1. The fourth-order valence-corrected chi connectivity index (χ4v) is 8.38. The van der Waals surface area contributed by atoms with Gasteiger partial charge in [0, 0.05) is 39.5 Å². The molecular weight excluding hydrogens is 572 g/mol. The van der Waals surface area contributed by atoms with Crippen molar-refractivity contribution >= 4 is 51.3 Å². The van der Waals surface area contributed by atoms with Crippen LogP contribution in [0.5, 0.6) is 0 Å². The summed E-state index contributed by atoms with van der Waals surface area (Å²) in [5.41, 5.74) is 10.7. The Morgan fingerprint density at radius 1 is 0.565 bits per heavy atom. The summed E-state index contributed by atoms with van der Waals surface area (Å²) in [7, 11) is 0. The molecule has 3 aliphatic carbocycles. The minimum Gasteiger partial charge on any atom is -0.268 e. The number of hydrogen-bond acceptors (Lipinski definition) is 4. The largest absolute Gasteiger partial charge is 0.268 e. The summed E-state index contributed by atoms with van der Waals surface area (Å²) >= 11 is 0. The normalized spacial score (nSPS) is 20.8. The molecule has 2 unspecified atom stereocenters. The number of imide groups is 2. The quantitative estimate of drug-likeness (QED) is 0.226. The van der Waals surface area contributed by atoms with Gasteiger partial charge in [-0.05, 0) is 120 Å². The predicted molar refractivity (Wildman–Crippen MR) is 178 cm³/mol. The Morgan fingerprint density at radius 3 is 1.72 bits per heavy atom. The zero-order valence-electron chi connectivity index (χ0n) is 25.8. The standard InChI is InChI=1S/C40H28N2O4/c1-19-13-20(2)16-23(15-19)41-37(43)29-9-5-25-27-7-11-31-36-32(40(46)42(39(31)45)24-17-21(3)14-22(4)18-24)12-8-28(34(27)36)26-6-10-30(38(41)44)35(29)33(25)26/h5-18,25,33H,1-4H3. The Bertz CT molecular complexity index is 2290. The first kappa shape index (κ1) is 26.8. The van der Waals surface area contributed by atoms with E-state index in [0.717, 1.165) is 49.9 Å². The third-order valence-electron chi connectivity index (χ3n) is 10.0. The van der Waals surface area contributed by atoms with Crippen molar-refractivity contribution in [3.63, 3.8) is 0 Å². The van der Waals surface area contributed by atoms with Crippen LogP contribution >= 0.6 is 0 Å². The van der Waals surface area contributed by atoms with Gasteiger partial charge in [0.25, 0.3) is 23.6 Å². The molecule has 4 aromatic rings. The van der Waals surface area contributed by atoms with Crippen LogP contribution in [0.15, 0.2) is 102 Å². The van der Waals surface area contributed by atoms with Crippen molar-refractivity contribution < 1.29 is 19.2 Å². The topological polar surface area (TPSA) is 74.8 Å². The molecule has 0 N–H and O–H groups in total. The number of aryl methyl sites for hydroxylation is 4. The van der Waals surface area contributed by atoms with Crippen molar-refractivity contribution in [3.8, 4) is 0 Å². The minimum absolute atomic E-state index is 0.165. The molecule has 0 radical (unpaired) electrons. The van der Waals surface area contributed by atoms with Crippen molar-refractivity contribution in [3.05, 3.63) is 146 Å². The number of carbonyl (C=O) groups excluding carboxylic acids is 4. The second-order valence-electron chi connectivity index (χ2n) is 13.1. The van der Waals surface area contributed by atoms with Crippen LogP contribution in [0.2, 0.25) is 0 Å². The monoisotopic (exact) mass is 600 g/mol. The van der Waals surface area contributed by atoms with Crippen molar-refractivity contribution in [1.82, 2.24) is 0 Å². The van der Waals surface area contributed by atoms with Gasteiger partial charge in [0.2, 0.25) is 0 Å². The lowest BCUT2D eigenvalue weighted by Gasteiger charge is -2.44. The van der Waals surface area contributed by atoms with Gasteiger partial charge in [-0.1, -0.05) is 42.5 Å². The maximum Gasteiger partial charge on any atom is 0.265 e. The fourth-order valence-electron chi connectivity index (χ4n) is 8.38. The number of amides is 4. The lowest BCUT2D eigenvalue weighted by Crippen LogP contribution is -2.46. The van der Waals surface area contributed by atoms with Crippen LogP contribution in [0.1, 0.15) is 60.0 Å². The van der Waals surface area contributed by atoms with E-state index in [2.05, 4.69) is 6.08 Å². The average Bonchev–Trinajstić information content (AvgIpc) is 3.01. The molecule has 0 aromatic heterocycles. The molecule has 0 saturated heterocycles. The number of hydrogen-bond donors (Lipinski definition) is 0. The number of rotatable bonds is 2. The number of fused-ring (bicyclic) bond motifs is 2. The van der Waals surface area contributed by atoms with E-state index in [-0.39, 0.29) is 35.5 Å². The van der Waals surface area contributed by atoms with Crippen LogP contribution in [0, 0.1) is 33.6 Å². The summed E-state index contributed by atoms with van der Waals surface area (Å²) in [6.07, 6.45) is 7.73. The van der Waals surface area contributed by atoms with Crippen LogP contribution < -0.4 is 9.80 Å². The number of carbonyl (C=O) groups is 4.